The van der Waals surface area contributed by atoms with Crippen molar-refractivity contribution in [1.82, 2.24) is 0 Å². The monoisotopic (exact) mass is 354 g/mol. The highest BCUT2D eigenvalue weighted by Gasteiger charge is 2.39. The average molecular weight is 355 g/mol. The molecule has 0 bridgehead atoms. The third kappa shape index (κ3) is 2.21. The first kappa shape index (κ1) is 13.4. The van der Waals surface area contributed by atoms with Gasteiger partial charge in [-0.1, -0.05) is 52.3 Å². The molecule has 0 aromatic heterocycles. The van der Waals surface area contributed by atoms with Gasteiger partial charge in [-0.25, -0.2) is 0 Å². The summed E-state index contributed by atoms with van der Waals surface area (Å²) in [5, 5.41) is 0. The van der Waals surface area contributed by atoms with Gasteiger partial charge in [0.05, 0.1) is 0 Å². The minimum absolute atomic E-state index is 0.194. The topological polar surface area (TPSA) is 0 Å². The molecule has 0 N–H and O–H groups in total. The van der Waals surface area contributed by atoms with Gasteiger partial charge in [0.15, 0.2) is 0 Å². The predicted octanol–water partition coefficient (Wildman–Crippen LogP) is 6.18. The Labute approximate surface area is 138 Å². The van der Waals surface area contributed by atoms with Crippen molar-refractivity contribution in [3.63, 3.8) is 0 Å². The zero-order chi connectivity index (χ0) is 14.4. The van der Waals surface area contributed by atoms with Crippen molar-refractivity contribution in [2.24, 2.45) is 0 Å². The van der Waals surface area contributed by atoms with Gasteiger partial charge in [-0.15, -0.1) is 11.8 Å². The van der Waals surface area contributed by atoms with Crippen LogP contribution in [0.5, 0.6) is 0 Å². The molecule has 1 aliphatic heterocycles. The van der Waals surface area contributed by atoms with Gasteiger partial charge < -0.3 is 0 Å². The fourth-order valence-electron chi connectivity index (χ4n) is 3.13. The number of hydrogen-bond acceptors (Lipinski definition) is 1. The highest BCUT2D eigenvalue weighted by Crippen LogP contribution is 2.56. The van der Waals surface area contributed by atoms with Gasteiger partial charge >= 0.3 is 0 Å². The Balaban J connectivity index is 1.83. The summed E-state index contributed by atoms with van der Waals surface area (Å²) in [4.78, 5) is 1.41. The van der Waals surface area contributed by atoms with Gasteiger partial charge in [-0.05, 0) is 59.9 Å². The first-order valence-electron chi connectivity index (χ1n) is 7.12. The van der Waals surface area contributed by atoms with E-state index < -0.39 is 0 Å². The summed E-state index contributed by atoms with van der Waals surface area (Å²) in [6.07, 6.45) is 5.84. The molecule has 1 atom stereocenters. The third-order valence-electron chi connectivity index (χ3n) is 4.25. The molecule has 1 unspecified atom stereocenters. The quantitative estimate of drug-likeness (QED) is 0.588. The second-order valence-electron chi connectivity index (χ2n) is 5.76. The highest BCUT2D eigenvalue weighted by atomic mass is 79.9. The van der Waals surface area contributed by atoms with E-state index in [-0.39, 0.29) is 4.75 Å². The molecular formula is C19H15BrS. The molecule has 1 heterocycles. The number of thioether (sulfide) groups is 1. The van der Waals surface area contributed by atoms with Crippen molar-refractivity contribution in [3.05, 3.63) is 76.3 Å². The van der Waals surface area contributed by atoms with Crippen LogP contribution in [0.4, 0.5) is 0 Å². The van der Waals surface area contributed by atoms with E-state index in [2.05, 4.69) is 83.5 Å². The van der Waals surface area contributed by atoms with Crippen molar-refractivity contribution in [1.29, 1.82) is 0 Å². The minimum atomic E-state index is 0.194. The van der Waals surface area contributed by atoms with Crippen molar-refractivity contribution in [3.8, 4) is 0 Å². The molecule has 0 saturated carbocycles. The van der Waals surface area contributed by atoms with Crippen molar-refractivity contribution in [2.45, 2.75) is 23.0 Å². The Bertz CT molecular complexity index is 788. The molecule has 0 spiro atoms. The summed E-state index contributed by atoms with van der Waals surface area (Å²) in [7, 11) is 0. The van der Waals surface area contributed by atoms with E-state index in [0.717, 1.165) is 10.9 Å². The number of rotatable bonds is 1. The molecule has 2 aliphatic rings. The summed E-state index contributed by atoms with van der Waals surface area (Å²) >= 11 is 5.57. The summed E-state index contributed by atoms with van der Waals surface area (Å²) in [5.74, 6) is 0. The molecule has 2 aromatic rings. The van der Waals surface area contributed by atoms with Gasteiger partial charge in [0, 0.05) is 14.1 Å². The largest absolute Gasteiger partial charge is 0.114 e. The average Bonchev–Trinajstić information content (AvgIpc) is 2.78. The van der Waals surface area contributed by atoms with Crippen LogP contribution in [0.15, 0.2) is 70.1 Å². The van der Waals surface area contributed by atoms with Crippen LogP contribution in [0.2, 0.25) is 0 Å². The lowest BCUT2D eigenvalue weighted by atomic mass is 9.83. The SMILES string of the molecule is CC12CC=C(c3cccc(Br)c3)C=C1c1ccccc1S2. The molecule has 21 heavy (non-hydrogen) atoms. The van der Waals surface area contributed by atoms with Crippen LogP contribution in [0.1, 0.15) is 24.5 Å². The Kier molecular flexibility index (Phi) is 3.13. The minimum Gasteiger partial charge on any atom is -0.114 e. The maximum atomic E-state index is 3.57. The molecular weight excluding hydrogens is 340 g/mol. The number of hydrogen-bond donors (Lipinski definition) is 0. The fraction of sp³-hybridized carbons (Fsp3) is 0.158. The molecule has 104 valence electrons. The Morgan fingerprint density at radius 1 is 1.10 bits per heavy atom. The van der Waals surface area contributed by atoms with Crippen LogP contribution in [-0.2, 0) is 0 Å². The highest BCUT2D eigenvalue weighted by molar-refractivity contribution is 9.10. The molecule has 0 saturated heterocycles. The van der Waals surface area contributed by atoms with Crippen molar-refractivity contribution < 1.29 is 0 Å². The summed E-state index contributed by atoms with van der Waals surface area (Å²) in [6, 6.07) is 17.3. The van der Waals surface area contributed by atoms with Crippen molar-refractivity contribution >= 4 is 38.8 Å². The van der Waals surface area contributed by atoms with E-state index in [1.165, 1.54) is 27.2 Å². The van der Waals surface area contributed by atoms with Crippen LogP contribution in [-0.4, -0.2) is 4.75 Å². The van der Waals surface area contributed by atoms with E-state index in [0.29, 0.717) is 0 Å². The zero-order valence-corrected chi connectivity index (χ0v) is 14.2. The number of fused-ring (bicyclic) bond motifs is 3. The summed E-state index contributed by atoms with van der Waals surface area (Å²) in [5.41, 5.74) is 5.50. The second-order valence-corrected chi connectivity index (χ2v) is 8.22. The predicted molar refractivity (Wildman–Crippen MR) is 95.4 cm³/mol. The molecule has 0 fully saturated rings. The van der Waals surface area contributed by atoms with Crippen LogP contribution in [0.3, 0.4) is 0 Å². The number of allylic oxidation sites excluding steroid dienone is 3. The lowest BCUT2D eigenvalue weighted by Crippen LogP contribution is -2.19. The summed E-state index contributed by atoms with van der Waals surface area (Å²) in [6.45, 7) is 2.36. The van der Waals surface area contributed by atoms with E-state index in [1.807, 2.05) is 11.8 Å². The Morgan fingerprint density at radius 2 is 1.95 bits per heavy atom. The van der Waals surface area contributed by atoms with Gasteiger partial charge in [0.1, 0.15) is 0 Å². The van der Waals surface area contributed by atoms with E-state index >= 15 is 0 Å². The lowest BCUT2D eigenvalue weighted by Gasteiger charge is -2.28. The van der Waals surface area contributed by atoms with E-state index in [9.17, 15) is 0 Å². The molecule has 0 radical (unpaired) electrons. The second kappa shape index (κ2) is 4.89. The smallest absolute Gasteiger partial charge is 0.0468 e. The third-order valence-corrected chi connectivity index (χ3v) is 6.16. The summed E-state index contributed by atoms with van der Waals surface area (Å²) < 4.78 is 1.33. The van der Waals surface area contributed by atoms with Crippen LogP contribution < -0.4 is 0 Å². The van der Waals surface area contributed by atoms with Crippen LogP contribution in [0.25, 0.3) is 11.1 Å². The Hall–Kier alpha value is -1.25. The van der Waals surface area contributed by atoms with Gasteiger partial charge in [0.25, 0.3) is 0 Å². The van der Waals surface area contributed by atoms with Gasteiger partial charge in [-0.2, -0.15) is 0 Å². The normalized spacial score (nSPS) is 23.1. The lowest BCUT2D eigenvalue weighted by molar-refractivity contribution is 0.831. The van der Waals surface area contributed by atoms with Crippen LogP contribution >= 0.6 is 27.7 Å². The first-order chi connectivity index (χ1) is 10.2. The first-order valence-corrected chi connectivity index (χ1v) is 8.73. The fourth-order valence-corrected chi connectivity index (χ4v) is 4.90. The zero-order valence-electron chi connectivity index (χ0n) is 11.8. The molecule has 0 amide bonds. The van der Waals surface area contributed by atoms with Crippen molar-refractivity contribution in [2.75, 3.05) is 0 Å². The number of halogens is 1. The van der Waals surface area contributed by atoms with E-state index in [4.69, 9.17) is 0 Å². The van der Waals surface area contributed by atoms with E-state index in [1.54, 1.807) is 0 Å². The van der Waals surface area contributed by atoms with Gasteiger partial charge in [0.2, 0.25) is 0 Å². The molecule has 0 nitrogen and oxygen atoms in total. The number of benzene rings is 2. The maximum absolute atomic E-state index is 3.57. The molecule has 2 aromatic carbocycles. The molecule has 1 aliphatic carbocycles. The molecule has 2 heteroatoms. The molecule has 4 rings (SSSR count). The standard InChI is InChI=1S/C19H15BrS/c1-19-10-9-14(13-5-4-6-15(20)11-13)12-17(19)16-7-2-3-8-18(16)21-19/h2-9,11-12H,10H2,1H3. The van der Waals surface area contributed by atoms with Crippen LogP contribution in [0, 0.1) is 0 Å². The maximum Gasteiger partial charge on any atom is 0.0468 e. The Morgan fingerprint density at radius 3 is 2.81 bits per heavy atom. The van der Waals surface area contributed by atoms with Gasteiger partial charge in [-0.3, -0.25) is 0 Å².